The van der Waals surface area contributed by atoms with E-state index in [-0.39, 0.29) is 0 Å². The van der Waals surface area contributed by atoms with E-state index < -0.39 is 0 Å². The molecule has 0 atom stereocenters. The molecule has 0 aliphatic carbocycles. The Morgan fingerprint density at radius 3 is 2.58 bits per heavy atom. The third kappa shape index (κ3) is 2.45. The van der Waals surface area contributed by atoms with E-state index in [0.29, 0.717) is 16.7 Å². The Hall–Kier alpha value is -1.54. The van der Waals surface area contributed by atoms with Gasteiger partial charge in [0.1, 0.15) is 10.8 Å². The summed E-state index contributed by atoms with van der Waals surface area (Å²) in [6.07, 6.45) is 1.56. The molecule has 0 spiro atoms. The molecule has 94 valence electrons. The van der Waals surface area contributed by atoms with Crippen LogP contribution in [0.25, 0.3) is 22.8 Å². The number of rotatable bonds is 2. The summed E-state index contributed by atoms with van der Waals surface area (Å²) in [7, 11) is 0. The van der Waals surface area contributed by atoms with Gasteiger partial charge in [0.2, 0.25) is 0 Å². The largest absolute Gasteiger partial charge is 0.225 e. The lowest BCUT2D eigenvalue weighted by Crippen LogP contribution is -1.97. The maximum Gasteiger partial charge on any atom is 0.183 e. The third-order valence-corrected chi connectivity index (χ3v) is 4.12. The summed E-state index contributed by atoms with van der Waals surface area (Å²) in [5, 5.41) is 10.7. The molecule has 0 radical (unpaired) electrons. The highest BCUT2D eigenvalue weighted by Gasteiger charge is 2.14. The molecule has 0 fully saturated rings. The Labute approximate surface area is 127 Å². The number of nitrogens with zero attached hydrogens (tertiary/aromatic N) is 4. The second-order valence-corrected chi connectivity index (χ2v) is 5.16. The van der Waals surface area contributed by atoms with Crippen molar-refractivity contribution in [3.05, 3.63) is 45.3 Å². The van der Waals surface area contributed by atoms with Gasteiger partial charge in [0.15, 0.2) is 5.82 Å². The third-order valence-electron chi connectivity index (χ3n) is 2.50. The molecule has 0 saturated carbocycles. The van der Waals surface area contributed by atoms with Crippen LogP contribution in [-0.4, -0.2) is 25.4 Å². The van der Waals surface area contributed by atoms with Crippen LogP contribution in [0.15, 0.2) is 36.5 Å². The minimum atomic E-state index is 0.410. The van der Waals surface area contributed by atoms with Crippen LogP contribution in [0, 0.1) is 3.57 Å². The average molecular weight is 384 g/mol. The van der Waals surface area contributed by atoms with Gasteiger partial charge in [0.05, 0.1) is 15.5 Å². The van der Waals surface area contributed by atoms with Crippen LogP contribution in [0.2, 0.25) is 5.15 Å². The van der Waals surface area contributed by atoms with E-state index in [1.54, 1.807) is 6.20 Å². The van der Waals surface area contributed by atoms with Crippen LogP contribution in [-0.2, 0) is 0 Å². The number of aromatic amines is 1. The smallest absolute Gasteiger partial charge is 0.183 e. The van der Waals surface area contributed by atoms with Crippen molar-refractivity contribution < 1.29 is 0 Å². The minimum absolute atomic E-state index is 0.410. The molecule has 0 amide bonds. The van der Waals surface area contributed by atoms with Gasteiger partial charge in [-0.2, -0.15) is 15.4 Å². The minimum Gasteiger partial charge on any atom is -0.225 e. The molecular formula is C12H7ClIN5. The molecular weight excluding hydrogens is 377 g/mol. The lowest BCUT2D eigenvalue weighted by atomic mass is 10.1. The molecule has 5 nitrogen and oxygen atoms in total. The van der Waals surface area contributed by atoms with Crippen molar-refractivity contribution in [1.29, 1.82) is 0 Å². The topological polar surface area (TPSA) is 67.3 Å². The van der Waals surface area contributed by atoms with E-state index >= 15 is 0 Å². The van der Waals surface area contributed by atoms with Gasteiger partial charge in [-0.15, -0.1) is 0 Å². The number of aromatic nitrogens is 5. The molecule has 0 aliphatic rings. The zero-order chi connectivity index (χ0) is 13.2. The summed E-state index contributed by atoms with van der Waals surface area (Å²) < 4.78 is 0.817. The molecule has 1 N–H and O–H groups in total. The van der Waals surface area contributed by atoms with E-state index in [4.69, 9.17) is 11.6 Å². The molecule has 2 heterocycles. The van der Waals surface area contributed by atoms with Crippen molar-refractivity contribution in [1.82, 2.24) is 25.4 Å². The maximum absolute atomic E-state index is 6.17. The Morgan fingerprint density at radius 2 is 1.89 bits per heavy atom. The van der Waals surface area contributed by atoms with Crippen LogP contribution in [0.3, 0.4) is 0 Å². The number of halogens is 2. The van der Waals surface area contributed by atoms with Crippen molar-refractivity contribution in [2.24, 2.45) is 0 Å². The molecule has 0 saturated heterocycles. The molecule has 0 aliphatic heterocycles. The Morgan fingerprint density at radius 1 is 1.11 bits per heavy atom. The first-order valence-electron chi connectivity index (χ1n) is 5.40. The van der Waals surface area contributed by atoms with Crippen molar-refractivity contribution in [2.75, 3.05) is 0 Å². The Kier molecular flexibility index (Phi) is 3.43. The lowest BCUT2D eigenvalue weighted by molar-refractivity contribution is 0.938. The predicted octanol–water partition coefficient (Wildman–Crippen LogP) is 3.19. The Balaban J connectivity index is 2.20. The van der Waals surface area contributed by atoms with Crippen LogP contribution in [0.1, 0.15) is 0 Å². The average Bonchev–Trinajstić information content (AvgIpc) is 2.97. The number of hydrogen-bond acceptors (Lipinski definition) is 4. The van der Waals surface area contributed by atoms with Gasteiger partial charge < -0.3 is 0 Å². The molecule has 0 bridgehead atoms. The van der Waals surface area contributed by atoms with E-state index in [0.717, 1.165) is 14.8 Å². The summed E-state index contributed by atoms with van der Waals surface area (Å²) >= 11 is 8.31. The SMILES string of the molecule is Clc1nc(-c2cn[nH]n2)nc(-c2ccccc2)c1I. The highest BCUT2D eigenvalue weighted by atomic mass is 127. The summed E-state index contributed by atoms with van der Waals surface area (Å²) in [4.78, 5) is 8.75. The highest BCUT2D eigenvalue weighted by Crippen LogP contribution is 2.29. The second kappa shape index (κ2) is 5.22. The fourth-order valence-corrected chi connectivity index (χ4v) is 2.35. The molecule has 3 rings (SSSR count). The fraction of sp³-hybridized carbons (Fsp3) is 0. The molecule has 2 aromatic heterocycles. The van der Waals surface area contributed by atoms with E-state index in [1.807, 2.05) is 30.3 Å². The first kappa shape index (κ1) is 12.5. The van der Waals surface area contributed by atoms with Crippen LogP contribution in [0.5, 0.6) is 0 Å². The lowest BCUT2D eigenvalue weighted by Gasteiger charge is -2.06. The fourth-order valence-electron chi connectivity index (χ4n) is 1.63. The van der Waals surface area contributed by atoms with E-state index in [1.165, 1.54) is 0 Å². The second-order valence-electron chi connectivity index (χ2n) is 3.72. The summed E-state index contributed by atoms with van der Waals surface area (Å²) in [6, 6.07) is 9.83. The summed E-state index contributed by atoms with van der Waals surface area (Å²) in [5.74, 6) is 0.456. The summed E-state index contributed by atoms with van der Waals surface area (Å²) in [5.41, 5.74) is 2.34. The van der Waals surface area contributed by atoms with Gasteiger partial charge >= 0.3 is 0 Å². The number of nitrogens with one attached hydrogen (secondary N) is 1. The maximum atomic E-state index is 6.17. The first-order chi connectivity index (χ1) is 9.25. The number of hydrogen-bond donors (Lipinski definition) is 1. The van der Waals surface area contributed by atoms with Gasteiger partial charge in [-0.05, 0) is 22.6 Å². The van der Waals surface area contributed by atoms with Crippen molar-refractivity contribution in [3.63, 3.8) is 0 Å². The molecule has 3 aromatic rings. The van der Waals surface area contributed by atoms with Crippen molar-refractivity contribution in [2.45, 2.75) is 0 Å². The predicted molar refractivity (Wildman–Crippen MR) is 80.6 cm³/mol. The van der Waals surface area contributed by atoms with Crippen molar-refractivity contribution >= 4 is 34.2 Å². The molecule has 19 heavy (non-hydrogen) atoms. The van der Waals surface area contributed by atoms with Gasteiger partial charge in [0, 0.05) is 5.56 Å². The Bertz CT molecular complexity index is 700. The van der Waals surface area contributed by atoms with E-state index in [2.05, 4.69) is 48.0 Å². The first-order valence-corrected chi connectivity index (χ1v) is 6.86. The standard InChI is InChI=1S/C12H7ClIN5/c13-11-9(14)10(7-4-2-1-3-5-7)16-12(17-11)8-6-15-19-18-8/h1-6H,(H,15,18,19). The van der Waals surface area contributed by atoms with Gasteiger partial charge in [-0.1, -0.05) is 41.9 Å². The molecule has 0 unspecified atom stereocenters. The van der Waals surface area contributed by atoms with Gasteiger partial charge in [-0.3, -0.25) is 0 Å². The van der Waals surface area contributed by atoms with Gasteiger partial charge in [0.25, 0.3) is 0 Å². The monoisotopic (exact) mass is 383 g/mol. The highest BCUT2D eigenvalue weighted by molar-refractivity contribution is 14.1. The zero-order valence-electron chi connectivity index (χ0n) is 9.51. The number of benzene rings is 1. The normalized spacial score (nSPS) is 10.6. The molecule has 1 aromatic carbocycles. The quantitative estimate of drug-likeness (QED) is 0.545. The van der Waals surface area contributed by atoms with Gasteiger partial charge in [-0.25, -0.2) is 9.97 Å². The van der Waals surface area contributed by atoms with E-state index in [9.17, 15) is 0 Å². The summed E-state index contributed by atoms with van der Waals surface area (Å²) in [6.45, 7) is 0. The number of H-pyrrole nitrogens is 1. The molecule has 7 heteroatoms. The van der Waals surface area contributed by atoms with Crippen LogP contribution < -0.4 is 0 Å². The zero-order valence-corrected chi connectivity index (χ0v) is 12.4. The van der Waals surface area contributed by atoms with Crippen molar-refractivity contribution in [3.8, 4) is 22.8 Å². The van der Waals surface area contributed by atoms with Crippen LogP contribution in [0.4, 0.5) is 0 Å². The van der Waals surface area contributed by atoms with Crippen LogP contribution >= 0.6 is 34.2 Å².